The number of halogens is 1. The third kappa shape index (κ3) is 4.36. The van der Waals surface area contributed by atoms with Crippen LogP contribution in [-0.4, -0.2) is 48.6 Å². The Morgan fingerprint density at radius 1 is 1.13 bits per heavy atom. The first-order chi connectivity index (χ1) is 15.1. The minimum atomic E-state index is -0.357. The third-order valence-corrected chi connectivity index (χ3v) is 5.07. The molecule has 0 atom stereocenters. The summed E-state index contributed by atoms with van der Waals surface area (Å²) in [6.45, 7) is 4.48. The highest BCUT2D eigenvalue weighted by molar-refractivity contribution is 5.94. The predicted octanol–water partition coefficient (Wildman–Crippen LogP) is 3.71. The van der Waals surface area contributed by atoms with E-state index in [4.69, 9.17) is 9.15 Å². The number of piperazine rings is 1. The molecule has 2 heterocycles. The van der Waals surface area contributed by atoms with Crippen LogP contribution in [-0.2, 0) is 0 Å². The van der Waals surface area contributed by atoms with Crippen LogP contribution in [0.4, 0.5) is 10.3 Å². The molecular formula is C23H21FN4O3. The normalized spacial score (nSPS) is 13.7. The van der Waals surface area contributed by atoms with E-state index < -0.39 is 0 Å². The van der Waals surface area contributed by atoms with Crippen molar-refractivity contribution in [3.63, 3.8) is 0 Å². The summed E-state index contributed by atoms with van der Waals surface area (Å²) >= 11 is 0. The van der Waals surface area contributed by atoms with Crippen molar-refractivity contribution in [2.24, 2.45) is 0 Å². The maximum absolute atomic E-state index is 13.2. The molecule has 0 N–H and O–H groups in total. The van der Waals surface area contributed by atoms with Gasteiger partial charge in [-0.3, -0.25) is 4.79 Å². The number of hydrogen-bond acceptors (Lipinski definition) is 6. The summed E-state index contributed by atoms with van der Waals surface area (Å²) in [5.74, 6) is 0.960. The van der Waals surface area contributed by atoms with Crippen LogP contribution in [0.15, 0.2) is 52.9 Å². The quantitative estimate of drug-likeness (QED) is 0.626. The highest BCUT2D eigenvalue weighted by Gasteiger charge is 2.27. The molecule has 0 aliphatic carbocycles. The van der Waals surface area contributed by atoms with Crippen molar-refractivity contribution in [1.29, 1.82) is 5.26 Å². The fraction of sp³-hybridized carbons (Fsp3) is 0.261. The molecule has 0 radical (unpaired) electrons. The lowest BCUT2D eigenvalue weighted by atomic mass is 10.1. The molecule has 0 saturated carbocycles. The lowest BCUT2D eigenvalue weighted by Gasteiger charge is -2.34. The molecule has 0 spiro atoms. The summed E-state index contributed by atoms with van der Waals surface area (Å²) in [6, 6.07) is 14.9. The van der Waals surface area contributed by atoms with Gasteiger partial charge in [0.1, 0.15) is 17.6 Å². The minimum absolute atomic E-state index is 0.0484. The van der Waals surface area contributed by atoms with Gasteiger partial charge in [0.05, 0.1) is 6.61 Å². The van der Waals surface area contributed by atoms with E-state index in [0.29, 0.717) is 49.8 Å². The first kappa shape index (κ1) is 20.4. The standard InChI is InChI=1S/C23H21FN4O3/c1-2-30-19-9-5-17(6-10-19)22(29)27-11-13-28(14-12-27)23-20(15-25)26-21(31-23)16-3-7-18(24)8-4-16/h3-10H,2,11-14H2,1H3. The highest BCUT2D eigenvalue weighted by atomic mass is 19.1. The van der Waals surface area contributed by atoms with Crippen molar-refractivity contribution >= 4 is 11.8 Å². The van der Waals surface area contributed by atoms with Crippen LogP contribution in [0.2, 0.25) is 0 Å². The van der Waals surface area contributed by atoms with Crippen molar-refractivity contribution in [3.05, 3.63) is 65.6 Å². The summed E-state index contributed by atoms with van der Waals surface area (Å²) in [7, 11) is 0. The van der Waals surface area contributed by atoms with E-state index in [1.165, 1.54) is 12.1 Å². The van der Waals surface area contributed by atoms with Gasteiger partial charge < -0.3 is 19.0 Å². The van der Waals surface area contributed by atoms with Crippen molar-refractivity contribution in [3.8, 4) is 23.3 Å². The van der Waals surface area contributed by atoms with E-state index >= 15 is 0 Å². The zero-order chi connectivity index (χ0) is 21.8. The number of rotatable bonds is 5. The number of amides is 1. The Labute approximate surface area is 179 Å². The SMILES string of the molecule is CCOc1ccc(C(=O)N2CCN(c3oc(-c4ccc(F)cc4)nc3C#N)CC2)cc1. The van der Waals surface area contributed by atoms with Gasteiger partial charge in [0.2, 0.25) is 17.5 Å². The molecule has 1 aromatic heterocycles. The van der Waals surface area contributed by atoms with Crippen LogP contribution >= 0.6 is 0 Å². The fourth-order valence-electron chi connectivity index (χ4n) is 3.47. The molecule has 1 aliphatic heterocycles. The summed E-state index contributed by atoms with van der Waals surface area (Å²) in [6.07, 6.45) is 0. The number of ether oxygens (including phenoxy) is 1. The third-order valence-electron chi connectivity index (χ3n) is 5.07. The first-order valence-corrected chi connectivity index (χ1v) is 10.0. The van der Waals surface area contributed by atoms with Gasteiger partial charge in [0, 0.05) is 37.3 Å². The van der Waals surface area contributed by atoms with Crippen LogP contribution in [0.25, 0.3) is 11.5 Å². The monoisotopic (exact) mass is 420 g/mol. The number of carbonyl (C=O) groups is 1. The van der Waals surface area contributed by atoms with E-state index in [2.05, 4.69) is 11.1 Å². The second kappa shape index (κ2) is 8.88. The molecule has 31 heavy (non-hydrogen) atoms. The average Bonchev–Trinajstić information content (AvgIpc) is 3.24. The average molecular weight is 420 g/mol. The van der Waals surface area contributed by atoms with Crippen LogP contribution in [0.1, 0.15) is 23.0 Å². The predicted molar refractivity (Wildman–Crippen MR) is 112 cm³/mol. The number of oxazole rings is 1. The van der Waals surface area contributed by atoms with Crippen molar-refractivity contribution < 1.29 is 18.3 Å². The van der Waals surface area contributed by atoms with E-state index in [9.17, 15) is 14.4 Å². The molecule has 1 fully saturated rings. The second-order valence-electron chi connectivity index (χ2n) is 7.03. The number of carbonyl (C=O) groups excluding carboxylic acids is 1. The van der Waals surface area contributed by atoms with Crippen LogP contribution in [0.3, 0.4) is 0 Å². The molecule has 1 amide bonds. The Bertz CT molecular complexity index is 1100. The van der Waals surface area contributed by atoms with Gasteiger partial charge in [-0.25, -0.2) is 4.39 Å². The Kier molecular flexibility index (Phi) is 5.85. The molecule has 8 heteroatoms. The molecule has 7 nitrogen and oxygen atoms in total. The van der Waals surface area contributed by atoms with E-state index in [1.54, 1.807) is 41.3 Å². The topological polar surface area (TPSA) is 82.6 Å². The molecule has 3 aromatic rings. The summed E-state index contributed by atoms with van der Waals surface area (Å²) in [4.78, 5) is 20.7. The zero-order valence-corrected chi connectivity index (χ0v) is 17.0. The van der Waals surface area contributed by atoms with Gasteiger partial charge in [-0.2, -0.15) is 10.2 Å². The minimum Gasteiger partial charge on any atom is -0.494 e. The molecule has 1 saturated heterocycles. The fourth-order valence-corrected chi connectivity index (χ4v) is 3.47. The lowest BCUT2D eigenvalue weighted by molar-refractivity contribution is 0.0745. The van der Waals surface area contributed by atoms with Crippen molar-refractivity contribution in [2.75, 3.05) is 37.7 Å². The molecule has 4 rings (SSSR count). The Balaban J connectivity index is 1.44. The second-order valence-corrected chi connectivity index (χ2v) is 7.03. The van der Waals surface area contributed by atoms with E-state index in [0.717, 1.165) is 5.75 Å². The Morgan fingerprint density at radius 2 is 1.81 bits per heavy atom. The van der Waals surface area contributed by atoms with Gasteiger partial charge in [0.15, 0.2) is 0 Å². The van der Waals surface area contributed by atoms with E-state index in [1.807, 2.05) is 11.8 Å². The number of benzene rings is 2. The molecule has 2 aromatic carbocycles. The van der Waals surface area contributed by atoms with Gasteiger partial charge >= 0.3 is 0 Å². The summed E-state index contributed by atoms with van der Waals surface area (Å²) < 4.78 is 24.4. The Hall–Kier alpha value is -3.86. The van der Waals surface area contributed by atoms with Crippen LogP contribution in [0.5, 0.6) is 5.75 Å². The molecule has 0 bridgehead atoms. The molecule has 0 unspecified atom stereocenters. The van der Waals surface area contributed by atoms with Gasteiger partial charge in [-0.1, -0.05) is 0 Å². The maximum atomic E-state index is 13.2. The number of nitriles is 1. The van der Waals surface area contributed by atoms with Gasteiger partial charge in [-0.15, -0.1) is 0 Å². The van der Waals surface area contributed by atoms with Crippen molar-refractivity contribution in [1.82, 2.24) is 9.88 Å². The van der Waals surface area contributed by atoms with E-state index in [-0.39, 0.29) is 23.3 Å². The van der Waals surface area contributed by atoms with Gasteiger partial charge in [-0.05, 0) is 55.5 Å². The smallest absolute Gasteiger partial charge is 0.253 e. The number of anilines is 1. The lowest BCUT2D eigenvalue weighted by Crippen LogP contribution is -2.48. The molecule has 1 aliphatic rings. The zero-order valence-electron chi connectivity index (χ0n) is 17.0. The first-order valence-electron chi connectivity index (χ1n) is 10.0. The number of hydrogen-bond donors (Lipinski definition) is 0. The van der Waals surface area contributed by atoms with Crippen LogP contribution < -0.4 is 9.64 Å². The largest absolute Gasteiger partial charge is 0.494 e. The number of nitrogens with zero attached hydrogens (tertiary/aromatic N) is 4. The van der Waals surface area contributed by atoms with Crippen molar-refractivity contribution in [2.45, 2.75) is 6.92 Å². The number of aromatic nitrogens is 1. The van der Waals surface area contributed by atoms with Crippen LogP contribution in [0, 0.1) is 17.1 Å². The highest BCUT2D eigenvalue weighted by Crippen LogP contribution is 2.29. The molecule has 158 valence electrons. The Morgan fingerprint density at radius 3 is 2.42 bits per heavy atom. The summed E-state index contributed by atoms with van der Waals surface area (Å²) in [5.41, 5.74) is 1.37. The van der Waals surface area contributed by atoms with Gasteiger partial charge in [0.25, 0.3) is 5.91 Å². The molecular weight excluding hydrogens is 399 g/mol. The summed E-state index contributed by atoms with van der Waals surface area (Å²) in [5, 5.41) is 9.47. The maximum Gasteiger partial charge on any atom is 0.253 e.